The lowest BCUT2D eigenvalue weighted by Crippen LogP contribution is -2.62. The van der Waals surface area contributed by atoms with Crippen molar-refractivity contribution in [2.24, 2.45) is 5.92 Å². The fraction of sp³-hybridized carbons (Fsp3) is 0.818. The molecule has 0 aliphatic heterocycles. The van der Waals surface area contributed by atoms with Gasteiger partial charge in [0.2, 0.25) is 0 Å². The van der Waals surface area contributed by atoms with Crippen LogP contribution in [0.25, 0.3) is 0 Å². The van der Waals surface area contributed by atoms with E-state index in [1.54, 1.807) is 0 Å². The third kappa shape index (κ3) is 5.80. The lowest BCUT2D eigenvalue weighted by atomic mass is 9.85. The molecule has 1 N–H and O–H groups in total. The second-order valence-corrected chi connectivity index (χ2v) is 5.54. The Balaban J connectivity index is 5.50. The highest BCUT2D eigenvalue weighted by Gasteiger charge is 2.65. The van der Waals surface area contributed by atoms with Crippen molar-refractivity contribution in [1.82, 2.24) is 5.32 Å². The van der Waals surface area contributed by atoms with Crippen LogP contribution in [0.5, 0.6) is 0 Å². The zero-order chi connectivity index (χ0) is 17.3. The topological polar surface area (TPSA) is 55.4 Å². The highest BCUT2D eigenvalue weighted by atomic mass is 19.4. The summed E-state index contributed by atoms with van der Waals surface area (Å²) in [5, 5.41) is 1.34. The molecule has 0 rings (SSSR count). The molecule has 0 saturated heterocycles. The highest BCUT2D eigenvalue weighted by molar-refractivity contribution is 5.77. The van der Waals surface area contributed by atoms with E-state index >= 15 is 0 Å². The molecule has 0 fully saturated rings. The van der Waals surface area contributed by atoms with Crippen LogP contribution < -0.4 is 5.32 Å². The number of amides is 1. The van der Waals surface area contributed by atoms with Gasteiger partial charge in [-0.3, -0.25) is 0 Å². The second kappa shape index (κ2) is 5.72. The number of carbonyl (C=O) groups is 2. The molecule has 1 unspecified atom stereocenters. The first-order chi connectivity index (χ1) is 9.03. The van der Waals surface area contributed by atoms with Crippen molar-refractivity contribution in [3.8, 4) is 0 Å². The van der Waals surface area contributed by atoms with E-state index in [0.717, 1.165) is 0 Å². The first kappa shape index (κ1) is 19.5. The van der Waals surface area contributed by atoms with Crippen LogP contribution in [0.15, 0.2) is 0 Å². The minimum Gasteiger partial charge on any atom is -0.444 e. The van der Waals surface area contributed by atoms with E-state index in [1.807, 2.05) is 0 Å². The molecule has 0 aromatic heterocycles. The van der Waals surface area contributed by atoms with Crippen LogP contribution in [0.1, 0.15) is 27.7 Å². The number of halogens is 6. The van der Waals surface area contributed by atoms with Gasteiger partial charge < -0.3 is 14.8 Å². The van der Waals surface area contributed by atoms with Gasteiger partial charge in [0.15, 0.2) is 5.92 Å². The van der Waals surface area contributed by atoms with E-state index in [4.69, 9.17) is 0 Å². The van der Waals surface area contributed by atoms with Gasteiger partial charge in [-0.15, -0.1) is 0 Å². The van der Waals surface area contributed by atoms with Crippen molar-refractivity contribution in [2.45, 2.75) is 51.2 Å². The van der Waals surface area contributed by atoms with Crippen molar-refractivity contribution in [2.75, 3.05) is 0 Å². The van der Waals surface area contributed by atoms with E-state index in [1.165, 1.54) is 26.1 Å². The van der Waals surface area contributed by atoms with Gasteiger partial charge in [0, 0.05) is 0 Å². The van der Waals surface area contributed by atoms with Gasteiger partial charge in [-0.1, -0.05) is 0 Å². The van der Waals surface area contributed by atoms with Crippen LogP contribution in [-0.2, 0) is 9.53 Å². The zero-order valence-corrected chi connectivity index (χ0v) is 11.6. The molecular weight excluding hydrogens is 308 g/mol. The van der Waals surface area contributed by atoms with E-state index < -0.39 is 41.8 Å². The number of hydrogen-bond acceptors (Lipinski definition) is 3. The Morgan fingerprint density at radius 2 is 1.38 bits per heavy atom. The maximum absolute atomic E-state index is 12.6. The fourth-order valence-corrected chi connectivity index (χ4v) is 1.56. The largest absolute Gasteiger partial charge is 0.444 e. The Morgan fingerprint density at radius 3 is 1.62 bits per heavy atom. The Hall–Kier alpha value is -1.48. The Morgan fingerprint density at radius 1 is 1.00 bits per heavy atom. The molecule has 0 bridgehead atoms. The molecular formula is C11H15F6NO3. The van der Waals surface area contributed by atoms with Crippen LogP contribution >= 0.6 is 0 Å². The molecule has 0 aliphatic carbocycles. The molecule has 4 nitrogen and oxygen atoms in total. The molecule has 0 aromatic carbocycles. The molecule has 0 heterocycles. The lowest BCUT2D eigenvalue weighted by molar-refractivity contribution is -0.298. The third-order valence-corrected chi connectivity index (χ3v) is 2.27. The van der Waals surface area contributed by atoms with Crippen LogP contribution in [0.3, 0.4) is 0 Å². The van der Waals surface area contributed by atoms with Crippen molar-refractivity contribution in [3.05, 3.63) is 0 Å². The number of hydrogen-bond donors (Lipinski definition) is 1. The summed E-state index contributed by atoms with van der Waals surface area (Å²) in [6.45, 7) is 4.40. The number of aldehydes is 1. The highest BCUT2D eigenvalue weighted by Crippen LogP contribution is 2.45. The third-order valence-electron chi connectivity index (χ3n) is 2.27. The van der Waals surface area contributed by atoms with Gasteiger partial charge >= 0.3 is 18.4 Å². The molecule has 21 heavy (non-hydrogen) atoms. The number of alkyl carbamates (subject to hydrolysis) is 1. The van der Waals surface area contributed by atoms with E-state index in [2.05, 4.69) is 4.74 Å². The SMILES string of the molecule is CC(C)(C)OC(=O)NC(C)(C=O)C(C(F)(F)F)C(F)(F)F. The molecule has 0 saturated carbocycles. The number of alkyl halides is 6. The maximum atomic E-state index is 12.6. The maximum Gasteiger partial charge on any atom is 0.408 e. The number of nitrogens with one attached hydrogen (secondary N) is 1. The average molecular weight is 323 g/mol. The molecule has 0 spiro atoms. The minimum absolute atomic E-state index is 0.329. The monoisotopic (exact) mass is 323 g/mol. The number of rotatable bonds is 3. The summed E-state index contributed by atoms with van der Waals surface area (Å²) in [7, 11) is 0. The molecule has 1 atom stereocenters. The summed E-state index contributed by atoms with van der Waals surface area (Å²) in [6, 6.07) is 0. The standard InChI is InChI=1S/C11H15F6NO3/c1-8(2,3)21-7(20)18-9(4,5-19)6(10(12,13)14)11(15,16)17/h5-6H,1-4H3,(H,18,20). The smallest absolute Gasteiger partial charge is 0.408 e. The van der Waals surface area contributed by atoms with Gasteiger partial charge in [-0.25, -0.2) is 4.79 Å². The summed E-state index contributed by atoms with van der Waals surface area (Å²) >= 11 is 0. The van der Waals surface area contributed by atoms with Crippen molar-refractivity contribution in [3.63, 3.8) is 0 Å². The minimum atomic E-state index is -5.77. The predicted molar refractivity (Wildman–Crippen MR) is 59.4 cm³/mol. The summed E-state index contributed by atoms with van der Waals surface area (Å²) in [4.78, 5) is 22.2. The molecule has 124 valence electrons. The van der Waals surface area contributed by atoms with Crippen molar-refractivity contribution >= 4 is 12.4 Å². The molecule has 0 aliphatic rings. The molecule has 1 amide bonds. The summed E-state index contributed by atoms with van der Waals surface area (Å²) in [5.74, 6) is -4.05. The molecule has 10 heteroatoms. The van der Waals surface area contributed by atoms with E-state index in [0.29, 0.717) is 6.92 Å². The normalized spacial score (nSPS) is 16.3. The predicted octanol–water partition coefficient (Wildman–Crippen LogP) is 3.21. The van der Waals surface area contributed by atoms with E-state index in [9.17, 15) is 35.9 Å². The van der Waals surface area contributed by atoms with E-state index in [-0.39, 0.29) is 0 Å². The van der Waals surface area contributed by atoms with Crippen molar-refractivity contribution < 1.29 is 40.7 Å². The number of ether oxygens (including phenoxy) is 1. The van der Waals surface area contributed by atoms with Crippen molar-refractivity contribution in [1.29, 1.82) is 0 Å². The lowest BCUT2D eigenvalue weighted by Gasteiger charge is -2.36. The van der Waals surface area contributed by atoms with Crippen LogP contribution in [0.4, 0.5) is 31.1 Å². The average Bonchev–Trinajstić information content (AvgIpc) is 2.08. The van der Waals surface area contributed by atoms with Crippen LogP contribution in [-0.4, -0.2) is 35.9 Å². The molecule has 0 radical (unpaired) electrons. The van der Waals surface area contributed by atoms with Gasteiger partial charge in [0.25, 0.3) is 0 Å². The summed E-state index contributed by atoms with van der Waals surface area (Å²) < 4.78 is 80.3. The zero-order valence-electron chi connectivity index (χ0n) is 11.6. The Kier molecular flexibility index (Phi) is 5.32. The number of carbonyl (C=O) groups excluding carboxylic acids is 2. The fourth-order valence-electron chi connectivity index (χ4n) is 1.56. The first-order valence-corrected chi connectivity index (χ1v) is 5.64. The van der Waals surface area contributed by atoms with Gasteiger partial charge in [0.1, 0.15) is 17.4 Å². The summed E-state index contributed by atoms with van der Waals surface area (Å²) in [5.41, 5.74) is -4.39. The Labute approximate surface area is 116 Å². The van der Waals surface area contributed by atoms with Gasteiger partial charge in [-0.2, -0.15) is 26.3 Å². The second-order valence-electron chi connectivity index (χ2n) is 5.54. The van der Waals surface area contributed by atoms with Crippen LogP contribution in [0.2, 0.25) is 0 Å². The first-order valence-electron chi connectivity index (χ1n) is 5.64. The van der Waals surface area contributed by atoms with Gasteiger partial charge in [-0.05, 0) is 27.7 Å². The van der Waals surface area contributed by atoms with Gasteiger partial charge in [0.05, 0.1) is 0 Å². The molecule has 0 aromatic rings. The van der Waals surface area contributed by atoms with Crippen LogP contribution in [0, 0.1) is 5.92 Å². The Bertz CT molecular complexity index is 384. The quantitative estimate of drug-likeness (QED) is 0.641. The summed E-state index contributed by atoms with van der Waals surface area (Å²) in [6.07, 6.45) is -13.7.